The van der Waals surface area contributed by atoms with Gasteiger partial charge in [0, 0.05) is 0 Å². The summed E-state index contributed by atoms with van der Waals surface area (Å²) in [6, 6.07) is 14.7. The van der Waals surface area contributed by atoms with E-state index in [0.29, 0.717) is 22.9 Å². The molecule has 0 bridgehead atoms. The first-order chi connectivity index (χ1) is 15.6. The molecule has 0 aliphatic rings. The number of aromatic nitrogens is 2. The van der Waals surface area contributed by atoms with Crippen molar-refractivity contribution in [1.82, 2.24) is 9.97 Å². The first-order valence-electron chi connectivity index (χ1n) is 9.80. The van der Waals surface area contributed by atoms with Crippen LogP contribution in [0.1, 0.15) is 15.9 Å². The van der Waals surface area contributed by atoms with Crippen molar-refractivity contribution < 1.29 is 28.5 Å². The van der Waals surface area contributed by atoms with E-state index in [2.05, 4.69) is 9.97 Å². The Morgan fingerprint density at radius 3 is 2.44 bits per heavy atom. The van der Waals surface area contributed by atoms with E-state index in [-0.39, 0.29) is 6.01 Å². The number of hydrogen-bond donors (Lipinski definition) is 0. The Morgan fingerprint density at radius 1 is 0.906 bits per heavy atom. The third kappa shape index (κ3) is 6.14. The molecule has 1 unspecified atom stereocenters. The second kappa shape index (κ2) is 11.4. The molecule has 0 saturated carbocycles. The number of carbonyl (C=O) groups excluding carboxylic acids is 1. The standard InChI is InChI=1S/C23H25AsN2O6/c1-28-18-9-8-15(12-19(18)29-2)10-11-24-20-14-21(26-23(25-20)31-4)32-17-7-5-6-16(13-17)22(27)30-3/h5-9,12-14,24H,10-11H2,1-4H3. The van der Waals surface area contributed by atoms with Crippen LogP contribution in [-0.4, -0.2) is 60.1 Å². The van der Waals surface area contributed by atoms with Crippen LogP contribution in [-0.2, 0) is 11.2 Å². The van der Waals surface area contributed by atoms with Crippen molar-refractivity contribution in [1.29, 1.82) is 0 Å². The van der Waals surface area contributed by atoms with Gasteiger partial charge < -0.3 is 0 Å². The first kappa shape index (κ1) is 23.4. The second-order valence-corrected chi connectivity index (χ2v) is 9.43. The molecule has 0 N–H and O–H groups in total. The Morgan fingerprint density at radius 2 is 1.72 bits per heavy atom. The summed E-state index contributed by atoms with van der Waals surface area (Å²) in [7, 11) is 6.11. The van der Waals surface area contributed by atoms with Crippen molar-refractivity contribution in [3.05, 3.63) is 59.7 Å². The zero-order valence-electron chi connectivity index (χ0n) is 18.4. The summed E-state index contributed by atoms with van der Waals surface area (Å²) in [6.45, 7) is 0. The van der Waals surface area contributed by atoms with Gasteiger partial charge in [0.2, 0.25) is 0 Å². The van der Waals surface area contributed by atoms with E-state index in [9.17, 15) is 4.79 Å². The molecule has 1 atom stereocenters. The van der Waals surface area contributed by atoms with E-state index in [1.165, 1.54) is 19.8 Å². The van der Waals surface area contributed by atoms with Gasteiger partial charge in [-0.15, -0.1) is 0 Å². The predicted molar refractivity (Wildman–Crippen MR) is 121 cm³/mol. The van der Waals surface area contributed by atoms with Crippen LogP contribution in [0.15, 0.2) is 48.5 Å². The Bertz CT molecular complexity index is 1080. The fraction of sp³-hybridized carbons (Fsp3) is 0.261. The van der Waals surface area contributed by atoms with Crippen LogP contribution in [0, 0.1) is 0 Å². The van der Waals surface area contributed by atoms with Crippen LogP contribution in [0.2, 0.25) is 5.21 Å². The van der Waals surface area contributed by atoms with Gasteiger partial charge in [0.05, 0.1) is 0 Å². The summed E-state index contributed by atoms with van der Waals surface area (Å²) in [5.74, 6) is 1.84. The molecule has 8 nitrogen and oxygen atoms in total. The van der Waals surface area contributed by atoms with E-state index in [1.54, 1.807) is 38.5 Å². The van der Waals surface area contributed by atoms with Crippen LogP contribution < -0.4 is 23.4 Å². The number of aryl methyl sites for hydroxylation is 1. The van der Waals surface area contributed by atoms with Crippen molar-refractivity contribution in [3.63, 3.8) is 0 Å². The van der Waals surface area contributed by atoms with E-state index in [1.807, 2.05) is 24.3 Å². The topological polar surface area (TPSA) is 89.0 Å². The number of ether oxygens (including phenoxy) is 5. The molecule has 3 rings (SSSR count). The summed E-state index contributed by atoms with van der Waals surface area (Å²) < 4.78 is 27.5. The van der Waals surface area contributed by atoms with Crippen LogP contribution in [0.5, 0.6) is 29.1 Å². The van der Waals surface area contributed by atoms with Gasteiger partial charge in [-0.25, -0.2) is 0 Å². The van der Waals surface area contributed by atoms with Gasteiger partial charge in [-0.05, 0) is 0 Å². The molecule has 0 radical (unpaired) electrons. The quantitative estimate of drug-likeness (QED) is 0.310. The molecule has 0 aliphatic heterocycles. The molecule has 1 heterocycles. The fourth-order valence-corrected chi connectivity index (χ4v) is 5.18. The normalized spacial score (nSPS) is 10.8. The van der Waals surface area contributed by atoms with Gasteiger partial charge in [0.1, 0.15) is 0 Å². The van der Waals surface area contributed by atoms with Crippen molar-refractivity contribution in [3.8, 4) is 29.1 Å². The molecule has 0 saturated heterocycles. The third-order valence-electron chi connectivity index (χ3n) is 4.51. The van der Waals surface area contributed by atoms with E-state index in [4.69, 9.17) is 23.7 Å². The van der Waals surface area contributed by atoms with E-state index in [0.717, 1.165) is 21.9 Å². The number of esters is 1. The predicted octanol–water partition coefficient (Wildman–Crippen LogP) is 2.80. The van der Waals surface area contributed by atoms with Crippen molar-refractivity contribution >= 4 is 26.2 Å². The maximum absolute atomic E-state index is 11.8. The average molecular weight is 500 g/mol. The summed E-state index contributed by atoms with van der Waals surface area (Å²) in [6.07, 6.45) is 0.893. The first-order valence-corrected chi connectivity index (χ1v) is 12.3. The molecule has 0 fully saturated rings. The third-order valence-corrected chi connectivity index (χ3v) is 6.86. The molecular weight excluding hydrogens is 475 g/mol. The number of carbonyl (C=O) groups is 1. The van der Waals surface area contributed by atoms with Crippen LogP contribution in [0.4, 0.5) is 0 Å². The summed E-state index contributed by atoms with van der Waals surface area (Å²) in [4.78, 5) is 20.5. The molecule has 32 heavy (non-hydrogen) atoms. The molecule has 1 aromatic heterocycles. The maximum atomic E-state index is 11.8. The molecule has 9 heteroatoms. The number of nitrogens with zero attached hydrogens (tertiary/aromatic N) is 2. The average Bonchev–Trinajstić information content (AvgIpc) is 2.83. The van der Waals surface area contributed by atoms with Crippen LogP contribution >= 0.6 is 0 Å². The van der Waals surface area contributed by atoms with Crippen molar-refractivity contribution in [2.75, 3.05) is 28.4 Å². The summed E-state index contributed by atoms with van der Waals surface area (Å²) in [5, 5.41) is 0.979. The summed E-state index contributed by atoms with van der Waals surface area (Å²) in [5.41, 5.74) is 1.57. The van der Waals surface area contributed by atoms with Gasteiger partial charge in [0.15, 0.2) is 0 Å². The minimum absolute atomic E-state index is 0.247. The molecule has 168 valence electrons. The van der Waals surface area contributed by atoms with Gasteiger partial charge in [-0.1, -0.05) is 0 Å². The monoisotopic (exact) mass is 500 g/mol. The number of benzene rings is 2. The molecule has 0 aliphatic carbocycles. The van der Waals surface area contributed by atoms with Crippen molar-refractivity contribution in [2.45, 2.75) is 11.6 Å². The second-order valence-electron chi connectivity index (χ2n) is 6.57. The number of hydrogen-bond acceptors (Lipinski definition) is 8. The van der Waals surface area contributed by atoms with Gasteiger partial charge >= 0.3 is 194 Å². The van der Waals surface area contributed by atoms with E-state index < -0.39 is 21.7 Å². The zero-order valence-corrected chi connectivity index (χ0v) is 20.5. The molecule has 0 spiro atoms. The van der Waals surface area contributed by atoms with Gasteiger partial charge in [0.25, 0.3) is 0 Å². The molecule has 3 aromatic rings. The fourth-order valence-electron chi connectivity index (χ4n) is 2.93. The van der Waals surface area contributed by atoms with Crippen LogP contribution in [0.25, 0.3) is 0 Å². The Labute approximate surface area is 193 Å². The van der Waals surface area contributed by atoms with Crippen molar-refractivity contribution in [2.24, 2.45) is 0 Å². The van der Waals surface area contributed by atoms with Gasteiger partial charge in [-0.3, -0.25) is 0 Å². The van der Waals surface area contributed by atoms with Crippen LogP contribution in [0.3, 0.4) is 0 Å². The molecule has 0 amide bonds. The molecule has 2 aromatic carbocycles. The Balaban J connectivity index is 1.69. The number of methoxy groups -OCH3 is 4. The zero-order chi connectivity index (χ0) is 22.9. The van der Waals surface area contributed by atoms with Gasteiger partial charge in [-0.2, -0.15) is 0 Å². The number of rotatable bonds is 10. The SMILES string of the molecule is COC(=O)c1cccc(Oc2cc([AsH]CCc3ccc(OC)c(OC)c3)nc(OC)n2)c1. The summed E-state index contributed by atoms with van der Waals surface area (Å²) >= 11 is -0.571. The van der Waals surface area contributed by atoms with E-state index >= 15 is 0 Å². The molecular formula is C23H25AsN2O6. The Kier molecular flexibility index (Phi) is 8.33. The Hall–Kier alpha value is -3.25. The minimum atomic E-state index is -0.571.